The second kappa shape index (κ2) is 3.70. The lowest BCUT2D eigenvalue weighted by molar-refractivity contribution is 0.498. The molecule has 73 valence electrons. The molecule has 2 aromatic rings. The van der Waals surface area contributed by atoms with Crippen LogP contribution in [0.1, 0.15) is 12.8 Å². The first-order valence-electron chi connectivity index (χ1n) is 4.70. The maximum atomic E-state index is 11.4. The lowest BCUT2D eigenvalue weighted by Gasteiger charge is -1.98. The van der Waals surface area contributed by atoms with Gasteiger partial charge in [0.25, 0.3) is 0 Å². The molecule has 2 rings (SSSR count). The van der Waals surface area contributed by atoms with Gasteiger partial charge in [0, 0.05) is 6.54 Å². The molecule has 0 fully saturated rings. The molecule has 0 aliphatic carbocycles. The van der Waals surface area contributed by atoms with Gasteiger partial charge in [-0.2, -0.15) is 0 Å². The van der Waals surface area contributed by atoms with Crippen LogP contribution in [0.25, 0.3) is 11.1 Å². The molecule has 0 bridgehead atoms. The van der Waals surface area contributed by atoms with E-state index in [1.807, 2.05) is 18.2 Å². The number of benzene rings is 1. The van der Waals surface area contributed by atoms with Gasteiger partial charge in [-0.05, 0) is 18.6 Å². The number of hydrogen-bond acceptors (Lipinski definition) is 2. The van der Waals surface area contributed by atoms with Crippen molar-refractivity contribution in [3.63, 3.8) is 0 Å². The maximum Gasteiger partial charge on any atom is 0.419 e. The van der Waals surface area contributed by atoms with Crippen LogP contribution < -0.4 is 5.76 Å². The molecule has 1 aromatic carbocycles. The number of oxazole rings is 1. The third-order valence-corrected chi connectivity index (χ3v) is 2.21. The molecule has 0 saturated carbocycles. The maximum absolute atomic E-state index is 11.4. The van der Waals surface area contributed by atoms with Gasteiger partial charge in [0.1, 0.15) is 0 Å². The predicted molar refractivity (Wildman–Crippen MR) is 55.1 cm³/mol. The average molecular weight is 190 g/mol. The highest BCUT2D eigenvalue weighted by Gasteiger charge is 2.06. The van der Waals surface area contributed by atoms with Crippen LogP contribution in [-0.2, 0) is 6.54 Å². The van der Waals surface area contributed by atoms with Crippen molar-refractivity contribution in [2.24, 2.45) is 0 Å². The van der Waals surface area contributed by atoms with Crippen LogP contribution >= 0.6 is 0 Å². The summed E-state index contributed by atoms with van der Waals surface area (Å²) in [5.41, 5.74) is 1.52. The van der Waals surface area contributed by atoms with Gasteiger partial charge in [0.15, 0.2) is 5.58 Å². The summed E-state index contributed by atoms with van der Waals surface area (Å²) >= 11 is 0. The molecule has 0 unspecified atom stereocenters. The molecule has 0 amide bonds. The molecule has 0 aliphatic heterocycles. The lowest BCUT2D eigenvalue weighted by Crippen LogP contribution is -2.13. The van der Waals surface area contributed by atoms with E-state index in [4.69, 9.17) is 4.42 Å². The van der Waals surface area contributed by atoms with Gasteiger partial charge >= 0.3 is 5.76 Å². The molecule has 3 heteroatoms. The molecule has 1 heterocycles. The van der Waals surface area contributed by atoms with Crippen LogP contribution in [0.3, 0.4) is 0 Å². The number of rotatable bonds is 3. The SMILES string of the molecule is [CH2]CCCn1c(=O)oc2ccccc21. The molecular formula is C11H12NO2. The quantitative estimate of drug-likeness (QED) is 0.743. The summed E-state index contributed by atoms with van der Waals surface area (Å²) in [5.74, 6) is -0.278. The van der Waals surface area contributed by atoms with Gasteiger partial charge in [-0.1, -0.05) is 25.5 Å². The van der Waals surface area contributed by atoms with Crippen LogP contribution in [0, 0.1) is 6.92 Å². The van der Waals surface area contributed by atoms with Crippen molar-refractivity contribution in [1.82, 2.24) is 4.57 Å². The van der Waals surface area contributed by atoms with E-state index < -0.39 is 0 Å². The number of fused-ring (bicyclic) bond motifs is 1. The first-order valence-corrected chi connectivity index (χ1v) is 4.70. The molecule has 0 N–H and O–H groups in total. The molecular weight excluding hydrogens is 178 g/mol. The van der Waals surface area contributed by atoms with E-state index in [0.717, 1.165) is 18.4 Å². The normalized spacial score (nSPS) is 10.9. The monoisotopic (exact) mass is 190 g/mol. The van der Waals surface area contributed by atoms with Gasteiger partial charge in [-0.25, -0.2) is 4.79 Å². The molecule has 1 radical (unpaired) electrons. The van der Waals surface area contributed by atoms with Gasteiger partial charge in [0.05, 0.1) is 5.52 Å². The number of unbranched alkanes of at least 4 members (excludes halogenated alkanes) is 1. The van der Waals surface area contributed by atoms with E-state index in [0.29, 0.717) is 12.1 Å². The van der Waals surface area contributed by atoms with Crippen molar-refractivity contribution in [2.75, 3.05) is 0 Å². The summed E-state index contributed by atoms with van der Waals surface area (Å²) in [6.45, 7) is 4.43. The summed E-state index contributed by atoms with van der Waals surface area (Å²) in [6.07, 6.45) is 1.72. The third kappa shape index (κ3) is 1.45. The minimum absolute atomic E-state index is 0.278. The van der Waals surface area contributed by atoms with Gasteiger partial charge in [-0.15, -0.1) is 0 Å². The molecule has 1 aromatic heterocycles. The molecule has 0 saturated heterocycles. The Morgan fingerprint density at radius 3 is 2.93 bits per heavy atom. The minimum Gasteiger partial charge on any atom is -0.408 e. The predicted octanol–water partition coefficient (Wildman–Crippen LogP) is 2.21. The van der Waals surface area contributed by atoms with Crippen molar-refractivity contribution >= 4 is 11.1 Å². The third-order valence-electron chi connectivity index (χ3n) is 2.21. The van der Waals surface area contributed by atoms with E-state index in [1.165, 1.54) is 0 Å². The Morgan fingerprint density at radius 2 is 2.14 bits per heavy atom. The van der Waals surface area contributed by atoms with Crippen molar-refractivity contribution < 1.29 is 4.42 Å². The summed E-state index contributed by atoms with van der Waals surface area (Å²) in [5, 5.41) is 0. The van der Waals surface area contributed by atoms with Crippen molar-refractivity contribution in [1.29, 1.82) is 0 Å². The van der Waals surface area contributed by atoms with Crippen LogP contribution in [0.5, 0.6) is 0 Å². The molecule has 0 atom stereocenters. The van der Waals surface area contributed by atoms with E-state index in [9.17, 15) is 4.79 Å². The molecule has 3 nitrogen and oxygen atoms in total. The minimum atomic E-state index is -0.278. The fourth-order valence-corrected chi connectivity index (χ4v) is 1.50. The van der Waals surface area contributed by atoms with E-state index in [-0.39, 0.29) is 5.76 Å². The zero-order chi connectivity index (χ0) is 9.97. The smallest absolute Gasteiger partial charge is 0.408 e. The largest absolute Gasteiger partial charge is 0.419 e. The Kier molecular flexibility index (Phi) is 2.39. The van der Waals surface area contributed by atoms with E-state index in [1.54, 1.807) is 10.6 Å². The second-order valence-electron chi connectivity index (χ2n) is 3.19. The first kappa shape index (κ1) is 9.06. The molecule has 14 heavy (non-hydrogen) atoms. The van der Waals surface area contributed by atoms with E-state index >= 15 is 0 Å². The van der Waals surface area contributed by atoms with Crippen molar-refractivity contribution in [3.05, 3.63) is 41.7 Å². The zero-order valence-corrected chi connectivity index (χ0v) is 7.90. The van der Waals surface area contributed by atoms with Crippen LogP contribution in [0.15, 0.2) is 33.5 Å². The highest BCUT2D eigenvalue weighted by atomic mass is 16.4. The summed E-state index contributed by atoms with van der Waals surface area (Å²) in [4.78, 5) is 11.4. The standard InChI is InChI=1S/C11H12NO2/c1-2-3-8-12-9-6-4-5-7-10(9)14-11(12)13/h4-7H,1-3,8H2. The Morgan fingerprint density at radius 1 is 1.36 bits per heavy atom. The Bertz CT molecular complexity index is 481. The fourth-order valence-electron chi connectivity index (χ4n) is 1.50. The number of aryl methyl sites for hydroxylation is 1. The van der Waals surface area contributed by atoms with Crippen molar-refractivity contribution in [2.45, 2.75) is 19.4 Å². The lowest BCUT2D eigenvalue weighted by atomic mass is 10.3. The molecule has 0 aliphatic rings. The van der Waals surface area contributed by atoms with Gasteiger partial charge in [-0.3, -0.25) is 4.57 Å². The Labute approximate surface area is 82.0 Å². The summed E-state index contributed by atoms with van der Waals surface area (Å²) in [7, 11) is 0. The van der Waals surface area contributed by atoms with Crippen molar-refractivity contribution in [3.8, 4) is 0 Å². The second-order valence-corrected chi connectivity index (χ2v) is 3.19. The first-order chi connectivity index (χ1) is 6.83. The number of aromatic nitrogens is 1. The number of nitrogens with zero attached hydrogens (tertiary/aromatic N) is 1. The zero-order valence-electron chi connectivity index (χ0n) is 7.90. The number of hydrogen-bond donors (Lipinski definition) is 0. The summed E-state index contributed by atoms with van der Waals surface area (Å²) < 4.78 is 6.74. The van der Waals surface area contributed by atoms with Gasteiger partial charge < -0.3 is 4.42 Å². The Balaban J connectivity index is 2.51. The Hall–Kier alpha value is -1.51. The highest BCUT2D eigenvalue weighted by molar-refractivity contribution is 5.72. The van der Waals surface area contributed by atoms with E-state index in [2.05, 4.69) is 6.92 Å². The van der Waals surface area contributed by atoms with Crippen LogP contribution in [-0.4, -0.2) is 4.57 Å². The summed E-state index contributed by atoms with van der Waals surface area (Å²) in [6, 6.07) is 7.45. The van der Waals surface area contributed by atoms with Crippen LogP contribution in [0.4, 0.5) is 0 Å². The number of para-hydroxylation sites is 2. The fraction of sp³-hybridized carbons (Fsp3) is 0.273. The highest BCUT2D eigenvalue weighted by Crippen LogP contribution is 2.12. The van der Waals surface area contributed by atoms with Gasteiger partial charge in [0.2, 0.25) is 0 Å². The topological polar surface area (TPSA) is 35.1 Å². The van der Waals surface area contributed by atoms with Crippen LogP contribution in [0.2, 0.25) is 0 Å². The molecule has 0 spiro atoms. The average Bonchev–Trinajstić information content (AvgIpc) is 2.51.